The number of rotatable bonds is 8. The highest BCUT2D eigenvalue weighted by atomic mass is 16.5. The van der Waals surface area contributed by atoms with Crippen LogP contribution in [0, 0.1) is 0 Å². The van der Waals surface area contributed by atoms with Crippen molar-refractivity contribution in [2.45, 2.75) is 46.1 Å². The number of ether oxygens (including phenoxy) is 1. The van der Waals surface area contributed by atoms with E-state index in [9.17, 15) is 9.59 Å². The summed E-state index contributed by atoms with van der Waals surface area (Å²) in [5, 5.41) is 5.11. The summed E-state index contributed by atoms with van der Waals surface area (Å²) in [6.07, 6.45) is 2.80. The van der Waals surface area contributed by atoms with E-state index in [1.807, 2.05) is 20.8 Å². The van der Waals surface area contributed by atoms with Crippen LogP contribution in [-0.2, 0) is 14.3 Å². The van der Waals surface area contributed by atoms with E-state index in [0.29, 0.717) is 26.1 Å². The molecule has 0 atom stereocenters. The highest BCUT2D eigenvalue weighted by Crippen LogP contribution is 1.89. The van der Waals surface area contributed by atoms with Crippen LogP contribution in [0.5, 0.6) is 0 Å². The monoisotopic (exact) mass is 244 g/mol. The second-order valence-electron chi connectivity index (χ2n) is 4.14. The van der Waals surface area contributed by atoms with Gasteiger partial charge in [0.05, 0.1) is 6.10 Å². The van der Waals surface area contributed by atoms with Crippen molar-refractivity contribution in [2.75, 3.05) is 19.7 Å². The van der Waals surface area contributed by atoms with E-state index >= 15 is 0 Å². The molecule has 0 bridgehead atoms. The largest absolute Gasteiger partial charge is 0.379 e. The molecular formula is C12H24N2O3. The third-order valence-electron chi connectivity index (χ3n) is 2.08. The van der Waals surface area contributed by atoms with Gasteiger partial charge in [-0.2, -0.15) is 0 Å². The molecule has 5 heteroatoms. The first-order chi connectivity index (χ1) is 8.07. The molecule has 100 valence electrons. The van der Waals surface area contributed by atoms with Crippen molar-refractivity contribution in [1.82, 2.24) is 10.6 Å². The summed E-state index contributed by atoms with van der Waals surface area (Å²) in [6.45, 7) is 7.56. The molecule has 0 unspecified atom stereocenters. The number of unbranched alkanes of at least 4 members (excludes halogenated alkanes) is 1. The Balaban J connectivity index is 3.47. The lowest BCUT2D eigenvalue weighted by atomic mass is 10.3. The molecule has 0 spiro atoms. The van der Waals surface area contributed by atoms with Crippen molar-refractivity contribution in [3.8, 4) is 0 Å². The topological polar surface area (TPSA) is 67.4 Å². The van der Waals surface area contributed by atoms with Crippen molar-refractivity contribution in [2.24, 2.45) is 0 Å². The number of hydrogen-bond acceptors (Lipinski definition) is 3. The lowest BCUT2D eigenvalue weighted by molar-refractivity contribution is -0.139. The zero-order valence-electron chi connectivity index (χ0n) is 11.0. The molecule has 2 amide bonds. The van der Waals surface area contributed by atoms with Crippen molar-refractivity contribution in [1.29, 1.82) is 0 Å². The maximum atomic E-state index is 11.3. The predicted molar refractivity (Wildman–Crippen MR) is 66.6 cm³/mol. The summed E-state index contributed by atoms with van der Waals surface area (Å²) in [5.41, 5.74) is 0. The van der Waals surface area contributed by atoms with Gasteiger partial charge < -0.3 is 15.4 Å². The molecule has 0 aliphatic rings. The van der Waals surface area contributed by atoms with Crippen molar-refractivity contribution in [3.63, 3.8) is 0 Å². The van der Waals surface area contributed by atoms with Crippen LogP contribution in [0.2, 0.25) is 0 Å². The molecule has 0 heterocycles. The number of nitrogens with one attached hydrogen (secondary N) is 2. The number of hydrogen-bond donors (Lipinski definition) is 2. The molecule has 0 aromatic rings. The van der Waals surface area contributed by atoms with Gasteiger partial charge in [0, 0.05) is 19.7 Å². The van der Waals surface area contributed by atoms with Gasteiger partial charge >= 0.3 is 11.8 Å². The van der Waals surface area contributed by atoms with Gasteiger partial charge in [0.2, 0.25) is 0 Å². The van der Waals surface area contributed by atoms with E-state index in [0.717, 1.165) is 12.8 Å². The van der Waals surface area contributed by atoms with Crippen molar-refractivity contribution >= 4 is 11.8 Å². The second-order valence-corrected chi connectivity index (χ2v) is 4.14. The van der Waals surface area contributed by atoms with Crippen LogP contribution in [0.4, 0.5) is 0 Å². The molecule has 0 aromatic carbocycles. The minimum Gasteiger partial charge on any atom is -0.379 e. The lowest BCUT2D eigenvalue weighted by Gasteiger charge is -2.08. The third-order valence-corrected chi connectivity index (χ3v) is 2.08. The van der Waals surface area contributed by atoms with Crippen LogP contribution in [0.25, 0.3) is 0 Å². The zero-order chi connectivity index (χ0) is 13.1. The summed E-state index contributed by atoms with van der Waals surface area (Å²) in [4.78, 5) is 22.5. The fraction of sp³-hybridized carbons (Fsp3) is 0.833. The minimum absolute atomic E-state index is 0.197. The molecule has 0 radical (unpaired) electrons. The van der Waals surface area contributed by atoms with Gasteiger partial charge in [-0.05, 0) is 26.7 Å². The van der Waals surface area contributed by atoms with Crippen LogP contribution in [-0.4, -0.2) is 37.6 Å². The van der Waals surface area contributed by atoms with Crippen molar-refractivity contribution in [3.05, 3.63) is 0 Å². The van der Waals surface area contributed by atoms with Crippen LogP contribution in [0.15, 0.2) is 0 Å². The zero-order valence-corrected chi connectivity index (χ0v) is 11.0. The SMILES string of the molecule is CCCCNC(=O)C(=O)NCCCOC(C)C. The maximum Gasteiger partial charge on any atom is 0.309 e. The first-order valence-corrected chi connectivity index (χ1v) is 6.25. The second kappa shape index (κ2) is 10.1. The Morgan fingerprint density at radius 3 is 2.06 bits per heavy atom. The Labute approximate surface area is 103 Å². The molecule has 17 heavy (non-hydrogen) atoms. The quantitative estimate of drug-likeness (QED) is 0.491. The Hall–Kier alpha value is -1.10. The van der Waals surface area contributed by atoms with Gasteiger partial charge in [-0.25, -0.2) is 0 Å². The molecule has 0 fully saturated rings. The summed E-state index contributed by atoms with van der Waals surface area (Å²) in [6, 6.07) is 0. The fourth-order valence-electron chi connectivity index (χ4n) is 1.13. The van der Waals surface area contributed by atoms with Crippen LogP contribution in [0.1, 0.15) is 40.0 Å². The highest BCUT2D eigenvalue weighted by Gasteiger charge is 2.11. The summed E-state index contributed by atoms with van der Waals surface area (Å²) in [7, 11) is 0. The van der Waals surface area contributed by atoms with Gasteiger partial charge in [0.25, 0.3) is 0 Å². The van der Waals surface area contributed by atoms with Gasteiger partial charge in [0.15, 0.2) is 0 Å². The van der Waals surface area contributed by atoms with Crippen LogP contribution in [0.3, 0.4) is 0 Å². The van der Waals surface area contributed by atoms with E-state index in [1.165, 1.54) is 0 Å². The fourth-order valence-corrected chi connectivity index (χ4v) is 1.13. The highest BCUT2D eigenvalue weighted by molar-refractivity contribution is 6.35. The first kappa shape index (κ1) is 15.9. The molecule has 0 aromatic heterocycles. The third kappa shape index (κ3) is 9.81. The van der Waals surface area contributed by atoms with E-state index in [2.05, 4.69) is 10.6 Å². The molecule has 0 rings (SSSR count). The summed E-state index contributed by atoms with van der Waals surface area (Å²) in [5.74, 6) is -1.12. The Morgan fingerprint density at radius 1 is 1.06 bits per heavy atom. The summed E-state index contributed by atoms with van der Waals surface area (Å²) < 4.78 is 5.31. The van der Waals surface area contributed by atoms with Gasteiger partial charge in [-0.3, -0.25) is 9.59 Å². The molecule has 2 N–H and O–H groups in total. The average Bonchev–Trinajstić information content (AvgIpc) is 2.28. The Morgan fingerprint density at radius 2 is 1.59 bits per heavy atom. The van der Waals surface area contributed by atoms with E-state index < -0.39 is 11.8 Å². The Kier molecular flexibility index (Phi) is 9.43. The van der Waals surface area contributed by atoms with E-state index in [-0.39, 0.29) is 6.10 Å². The van der Waals surface area contributed by atoms with Gasteiger partial charge in [-0.15, -0.1) is 0 Å². The van der Waals surface area contributed by atoms with E-state index in [4.69, 9.17) is 4.74 Å². The lowest BCUT2D eigenvalue weighted by Crippen LogP contribution is -2.40. The molecule has 0 aliphatic heterocycles. The number of carbonyl (C=O) groups excluding carboxylic acids is 2. The van der Waals surface area contributed by atoms with Crippen molar-refractivity contribution < 1.29 is 14.3 Å². The number of amides is 2. The standard InChI is InChI=1S/C12H24N2O3/c1-4-5-7-13-11(15)12(16)14-8-6-9-17-10(2)3/h10H,4-9H2,1-3H3,(H,13,15)(H,14,16). The van der Waals surface area contributed by atoms with Gasteiger partial charge in [-0.1, -0.05) is 13.3 Å². The molecule has 5 nitrogen and oxygen atoms in total. The molecule has 0 saturated heterocycles. The van der Waals surface area contributed by atoms with Gasteiger partial charge in [0.1, 0.15) is 0 Å². The predicted octanol–water partition coefficient (Wildman–Crippen LogP) is 0.834. The molecule has 0 aliphatic carbocycles. The Bertz CT molecular complexity index is 230. The number of carbonyl (C=O) groups is 2. The molecule has 0 saturated carbocycles. The first-order valence-electron chi connectivity index (χ1n) is 6.25. The maximum absolute atomic E-state index is 11.3. The molecular weight excluding hydrogens is 220 g/mol. The van der Waals surface area contributed by atoms with E-state index in [1.54, 1.807) is 0 Å². The van der Waals surface area contributed by atoms with Crippen LogP contribution >= 0.6 is 0 Å². The van der Waals surface area contributed by atoms with Crippen LogP contribution < -0.4 is 10.6 Å². The normalized spacial score (nSPS) is 10.4. The average molecular weight is 244 g/mol. The summed E-state index contributed by atoms with van der Waals surface area (Å²) >= 11 is 0. The minimum atomic E-state index is -0.564. The smallest absolute Gasteiger partial charge is 0.309 e.